The Labute approximate surface area is 189 Å². The summed E-state index contributed by atoms with van der Waals surface area (Å²) in [6.45, 7) is 0.733. The van der Waals surface area contributed by atoms with E-state index in [1.807, 2.05) is 0 Å². The zero-order valence-electron chi connectivity index (χ0n) is 17.1. The maximum Gasteiger partial charge on any atom is 0.416 e. The molecular formula is C23H17F6NO2S. The highest BCUT2D eigenvalue weighted by atomic mass is 32.2. The molecule has 3 nitrogen and oxygen atoms in total. The van der Waals surface area contributed by atoms with Gasteiger partial charge in [-0.15, -0.1) is 0 Å². The van der Waals surface area contributed by atoms with Gasteiger partial charge in [0.05, 0.1) is 29.1 Å². The van der Waals surface area contributed by atoms with Gasteiger partial charge in [0.25, 0.3) is 0 Å². The first kappa shape index (κ1) is 23.3. The number of methoxy groups -OCH3 is 1. The third kappa shape index (κ3) is 4.91. The zero-order chi connectivity index (χ0) is 23.8. The number of ether oxygens (including phenoxy) is 2. The summed E-state index contributed by atoms with van der Waals surface area (Å²) in [4.78, 5) is 2.05. The van der Waals surface area contributed by atoms with Crippen LogP contribution in [-0.4, -0.2) is 20.3 Å². The van der Waals surface area contributed by atoms with Gasteiger partial charge in [-0.1, -0.05) is 11.8 Å². The molecule has 3 aromatic rings. The van der Waals surface area contributed by atoms with Crippen LogP contribution in [0.1, 0.15) is 11.1 Å². The van der Waals surface area contributed by atoms with Crippen molar-refractivity contribution in [3.8, 4) is 5.75 Å². The number of anilines is 3. The van der Waals surface area contributed by atoms with Crippen molar-refractivity contribution in [2.45, 2.75) is 22.1 Å². The molecule has 0 aliphatic carbocycles. The molecule has 0 saturated heterocycles. The predicted octanol–water partition coefficient (Wildman–Crippen LogP) is 7.68. The number of hydrogen-bond acceptors (Lipinski definition) is 4. The van der Waals surface area contributed by atoms with Crippen LogP contribution < -0.4 is 9.64 Å². The standard InChI is InChI=1S/C23H17F6NO2S/c1-31-10-11-32-17-6-4-16(5-7-17)30-18-8-2-14(22(24,25)26)12-20(18)33-21-13-15(23(27,28)29)3-9-19(21)30/h2-9,12-13H,10-11H2,1H3. The molecule has 0 atom stereocenters. The minimum absolute atomic E-state index is 0.206. The molecule has 0 aromatic heterocycles. The van der Waals surface area contributed by atoms with Gasteiger partial charge in [-0.05, 0) is 60.7 Å². The molecule has 0 radical (unpaired) electrons. The summed E-state index contributed by atoms with van der Waals surface area (Å²) in [5.74, 6) is 0.558. The fourth-order valence-electron chi connectivity index (χ4n) is 3.37. The second-order valence-corrected chi connectivity index (χ2v) is 8.22. The third-order valence-corrected chi connectivity index (χ3v) is 6.02. The summed E-state index contributed by atoms with van der Waals surface area (Å²) in [6, 6.07) is 13.2. The maximum atomic E-state index is 13.3. The predicted molar refractivity (Wildman–Crippen MR) is 113 cm³/mol. The molecule has 0 spiro atoms. The van der Waals surface area contributed by atoms with Crippen LogP contribution >= 0.6 is 11.8 Å². The molecule has 3 aromatic carbocycles. The van der Waals surface area contributed by atoms with Crippen molar-refractivity contribution in [1.29, 1.82) is 0 Å². The molecule has 0 amide bonds. The molecule has 1 heterocycles. The van der Waals surface area contributed by atoms with E-state index in [0.29, 0.717) is 36.0 Å². The molecule has 0 N–H and O–H groups in total. The van der Waals surface area contributed by atoms with E-state index in [1.54, 1.807) is 36.3 Å². The molecule has 1 aliphatic rings. The fourth-order valence-corrected chi connectivity index (χ4v) is 4.51. The van der Waals surface area contributed by atoms with Crippen molar-refractivity contribution in [2.24, 2.45) is 0 Å². The maximum absolute atomic E-state index is 13.3. The Bertz CT molecular complexity index is 1080. The van der Waals surface area contributed by atoms with E-state index in [-0.39, 0.29) is 9.79 Å². The topological polar surface area (TPSA) is 21.7 Å². The van der Waals surface area contributed by atoms with Gasteiger partial charge in [-0.3, -0.25) is 0 Å². The van der Waals surface area contributed by atoms with E-state index in [0.717, 1.165) is 36.0 Å². The van der Waals surface area contributed by atoms with Gasteiger partial charge in [0, 0.05) is 22.6 Å². The number of nitrogens with zero attached hydrogens (tertiary/aromatic N) is 1. The normalized spacial score (nSPS) is 13.5. The highest BCUT2D eigenvalue weighted by molar-refractivity contribution is 7.99. The Hall–Kier alpha value is -2.85. The van der Waals surface area contributed by atoms with Crippen LogP contribution in [0.15, 0.2) is 70.5 Å². The molecule has 0 saturated carbocycles. The largest absolute Gasteiger partial charge is 0.491 e. The van der Waals surface area contributed by atoms with Crippen molar-refractivity contribution in [1.82, 2.24) is 0 Å². The number of alkyl halides is 6. The minimum atomic E-state index is -4.57. The van der Waals surface area contributed by atoms with Crippen LogP contribution in [0, 0.1) is 0 Å². The van der Waals surface area contributed by atoms with Crippen molar-refractivity contribution in [3.63, 3.8) is 0 Å². The van der Waals surface area contributed by atoms with E-state index in [9.17, 15) is 26.3 Å². The summed E-state index contributed by atoms with van der Waals surface area (Å²) in [6.07, 6.45) is -9.15. The van der Waals surface area contributed by atoms with E-state index < -0.39 is 23.5 Å². The van der Waals surface area contributed by atoms with Crippen LogP contribution in [0.2, 0.25) is 0 Å². The van der Waals surface area contributed by atoms with Crippen LogP contribution in [-0.2, 0) is 17.1 Å². The van der Waals surface area contributed by atoms with E-state index in [1.165, 1.54) is 12.1 Å². The van der Waals surface area contributed by atoms with Gasteiger partial charge in [0.15, 0.2) is 0 Å². The van der Waals surface area contributed by atoms with Gasteiger partial charge < -0.3 is 14.4 Å². The van der Waals surface area contributed by atoms with E-state index >= 15 is 0 Å². The monoisotopic (exact) mass is 485 g/mol. The molecule has 0 fully saturated rings. The van der Waals surface area contributed by atoms with Crippen molar-refractivity contribution >= 4 is 28.8 Å². The van der Waals surface area contributed by atoms with Gasteiger partial charge >= 0.3 is 12.4 Å². The number of hydrogen-bond donors (Lipinski definition) is 0. The Balaban J connectivity index is 1.79. The molecular weight excluding hydrogens is 468 g/mol. The van der Waals surface area contributed by atoms with Crippen LogP contribution in [0.4, 0.5) is 43.4 Å². The van der Waals surface area contributed by atoms with Crippen molar-refractivity contribution in [2.75, 3.05) is 25.2 Å². The SMILES string of the molecule is COCCOc1ccc(N2c3ccc(C(F)(F)F)cc3Sc3cc(C(F)(F)F)ccc32)cc1. The molecule has 0 unspecified atom stereocenters. The van der Waals surface area contributed by atoms with Gasteiger partial charge in [0.1, 0.15) is 12.4 Å². The lowest BCUT2D eigenvalue weighted by atomic mass is 10.1. The Kier molecular flexibility index (Phi) is 6.24. The first-order valence-corrected chi connectivity index (χ1v) is 10.5. The number of halogens is 6. The molecule has 0 bridgehead atoms. The van der Waals surface area contributed by atoms with Crippen molar-refractivity contribution < 1.29 is 35.8 Å². The fraction of sp³-hybridized carbons (Fsp3) is 0.217. The lowest BCUT2D eigenvalue weighted by Gasteiger charge is -2.33. The second kappa shape index (κ2) is 8.83. The summed E-state index contributed by atoms with van der Waals surface area (Å²) in [5, 5.41) is 0. The van der Waals surface area contributed by atoms with Gasteiger partial charge in [-0.2, -0.15) is 26.3 Å². The molecule has 10 heteroatoms. The number of fused-ring (bicyclic) bond motifs is 2. The molecule has 33 heavy (non-hydrogen) atoms. The highest BCUT2D eigenvalue weighted by Gasteiger charge is 2.35. The smallest absolute Gasteiger partial charge is 0.416 e. The van der Waals surface area contributed by atoms with Crippen LogP contribution in [0.5, 0.6) is 5.75 Å². The van der Waals surface area contributed by atoms with Crippen LogP contribution in [0.3, 0.4) is 0 Å². The van der Waals surface area contributed by atoms with Gasteiger partial charge in [-0.25, -0.2) is 0 Å². The Morgan fingerprint density at radius 1 is 0.727 bits per heavy atom. The average molecular weight is 485 g/mol. The molecule has 174 valence electrons. The minimum Gasteiger partial charge on any atom is -0.491 e. The second-order valence-electron chi connectivity index (χ2n) is 7.13. The molecule has 1 aliphatic heterocycles. The summed E-state index contributed by atoms with van der Waals surface area (Å²) in [7, 11) is 1.55. The highest BCUT2D eigenvalue weighted by Crippen LogP contribution is 2.53. The summed E-state index contributed by atoms with van der Waals surface area (Å²) >= 11 is 0.878. The first-order valence-electron chi connectivity index (χ1n) is 9.70. The Morgan fingerprint density at radius 3 is 1.70 bits per heavy atom. The lowest BCUT2D eigenvalue weighted by Crippen LogP contribution is -2.17. The molecule has 4 rings (SSSR count). The van der Waals surface area contributed by atoms with E-state index in [4.69, 9.17) is 9.47 Å². The van der Waals surface area contributed by atoms with Gasteiger partial charge in [0.2, 0.25) is 0 Å². The number of rotatable bonds is 5. The van der Waals surface area contributed by atoms with E-state index in [2.05, 4.69) is 0 Å². The third-order valence-electron chi connectivity index (χ3n) is 4.93. The number of benzene rings is 3. The average Bonchev–Trinajstić information content (AvgIpc) is 2.76. The van der Waals surface area contributed by atoms with Crippen LogP contribution in [0.25, 0.3) is 0 Å². The lowest BCUT2D eigenvalue weighted by molar-refractivity contribution is -0.138. The zero-order valence-corrected chi connectivity index (χ0v) is 17.9. The summed E-state index contributed by atoms with van der Waals surface area (Å²) < 4.78 is 90.1. The Morgan fingerprint density at radius 2 is 1.24 bits per heavy atom. The van der Waals surface area contributed by atoms with Crippen molar-refractivity contribution in [3.05, 3.63) is 71.8 Å². The summed E-state index contributed by atoms with van der Waals surface area (Å²) in [5.41, 5.74) is -0.296. The first-order chi connectivity index (χ1) is 15.6. The quantitative estimate of drug-likeness (QED) is 0.213.